The van der Waals surface area contributed by atoms with Gasteiger partial charge >= 0.3 is 0 Å². The summed E-state index contributed by atoms with van der Waals surface area (Å²) in [5, 5.41) is 5.48. The molecule has 0 radical (unpaired) electrons. The molecule has 1 aromatic carbocycles. The molecular formula is C22H28BrN3O3. The van der Waals surface area contributed by atoms with Crippen LogP contribution in [0.2, 0.25) is 0 Å². The summed E-state index contributed by atoms with van der Waals surface area (Å²) in [6.07, 6.45) is 1.71. The number of alkyl halides is 1. The molecule has 0 bridgehead atoms. The summed E-state index contributed by atoms with van der Waals surface area (Å²) in [6.45, 7) is 8.36. The van der Waals surface area contributed by atoms with Crippen LogP contribution < -0.4 is 10.6 Å². The number of aryl methyl sites for hydroxylation is 1. The second-order valence-corrected chi connectivity index (χ2v) is 7.73. The van der Waals surface area contributed by atoms with Crippen LogP contribution in [-0.4, -0.2) is 29.4 Å². The van der Waals surface area contributed by atoms with Crippen molar-refractivity contribution in [2.24, 2.45) is 0 Å². The fourth-order valence-corrected chi connectivity index (χ4v) is 3.05. The summed E-state index contributed by atoms with van der Waals surface area (Å²) >= 11 is 3.50. The Morgan fingerprint density at radius 2 is 1.93 bits per heavy atom. The number of benzene rings is 1. The van der Waals surface area contributed by atoms with Gasteiger partial charge in [0.25, 0.3) is 11.8 Å². The number of carbonyl (C=O) groups is 2. The molecular weight excluding hydrogens is 434 g/mol. The molecule has 156 valence electrons. The lowest BCUT2D eigenvalue weighted by Crippen LogP contribution is -2.34. The third-order valence-corrected chi connectivity index (χ3v) is 5.15. The average Bonchev–Trinajstić information content (AvgIpc) is 2.71. The minimum atomic E-state index is -0.385. The Hall–Kier alpha value is -2.25. The van der Waals surface area contributed by atoms with Gasteiger partial charge in [-0.25, -0.2) is 4.98 Å². The maximum atomic E-state index is 12.9. The highest BCUT2D eigenvalue weighted by molar-refractivity contribution is 9.09. The second-order valence-electron chi connectivity index (χ2n) is 6.90. The van der Waals surface area contributed by atoms with Gasteiger partial charge in [0.15, 0.2) is 0 Å². The van der Waals surface area contributed by atoms with Gasteiger partial charge in [-0.3, -0.25) is 9.59 Å². The topological polar surface area (TPSA) is 80.3 Å². The van der Waals surface area contributed by atoms with Crippen molar-refractivity contribution in [2.45, 2.75) is 51.6 Å². The first-order chi connectivity index (χ1) is 13.8. The lowest BCUT2D eigenvalue weighted by Gasteiger charge is -2.15. The number of anilines is 1. The lowest BCUT2D eigenvalue weighted by atomic mass is 10.1. The number of hydrogen-bond acceptors (Lipinski definition) is 4. The maximum Gasteiger partial charge on any atom is 0.270 e. The first kappa shape index (κ1) is 23.0. The van der Waals surface area contributed by atoms with Gasteiger partial charge in [-0.15, -0.1) is 0 Å². The molecule has 6 nitrogen and oxygen atoms in total. The van der Waals surface area contributed by atoms with Crippen LogP contribution in [-0.2, 0) is 4.74 Å². The van der Waals surface area contributed by atoms with E-state index >= 15 is 0 Å². The van der Waals surface area contributed by atoms with Crippen molar-refractivity contribution in [1.82, 2.24) is 10.3 Å². The van der Waals surface area contributed by atoms with Crippen LogP contribution in [0.15, 0.2) is 36.4 Å². The summed E-state index contributed by atoms with van der Waals surface area (Å²) in [5.74, 6) is -0.736. The number of carbonyl (C=O) groups excluding carboxylic acids is 2. The van der Waals surface area contributed by atoms with E-state index in [1.165, 1.54) is 0 Å². The third-order valence-electron chi connectivity index (χ3n) is 4.36. The Balaban J connectivity index is 2.22. The highest BCUT2D eigenvalue weighted by atomic mass is 79.9. The first-order valence-corrected chi connectivity index (χ1v) is 10.7. The standard InChI is InChI=1S/C22H28BrN3O3/c1-5-12-29-20(23)16-8-7-9-17(13-16)26-21(27)18-11-10-15(4)24-19(18)22(28)25-14(3)6-2/h7-11,13-14,20H,5-6,12H2,1-4H3,(H,25,28)(H,26,27). The van der Waals surface area contributed by atoms with Crippen LogP contribution >= 0.6 is 15.9 Å². The molecule has 2 N–H and O–H groups in total. The third kappa shape index (κ3) is 6.65. The molecule has 0 aliphatic carbocycles. The molecule has 7 heteroatoms. The smallest absolute Gasteiger partial charge is 0.270 e. The van der Waals surface area contributed by atoms with Crippen LogP contribution in [0.1, 0.15) is 70.7 Å². The Morgan fingerprint density at radius 3 is 2.62 bits per heavy atom. The van der Waals surface area contributed by atoms with Gasteiger partial charge in [0.2, 0.25) is 0 Å². The van der Waals surface area contributed by atoms with Crippen molar-refractivity contribution >= 4 is 33.4 Å². The maximum absolute atomic E-state index is 12.9. The Labute approximate surface area is 180 Å². The number of nitrogens with one attached hydrogen (secondary N) is 2. The summed E-state index contributed by atoms with van der Waals surface area (Å²) < 4.78 is 5.67. The quantitative estimate of drug-likeness (QED) is 0.515. The molecule has 2 atom stereocenters. The highest BCUT2D eigenvalue weighted by Gasteiger charge is 2.20. The van der Waals surface area contributed by atoms with E-state index < -0.39 is 0 Å². The first-order valence-electron chi connectivity index (χ1n) is 9.81. The number of nitrogens with zero attached hydrogens (tertiary/aromatic N) is 1. The summed E-state index contributed by atoms with van der Waals surface area (Å²) in [5.41, 5.74) is 2.55. The van der Waals surface area contributed by atoms with Crippen molar-refractivity contribution in [2.75, 3.05) is 11.9 Å². The number of rotatable bonds is 9. The van der Waals surface area contributed by atoms with E-state index in [1.54, 1.807) is 25.1 Å². The largest absolute Gasteiger partial charge is 0.362 e. The predicted octanol–water partition coefficient (Wildman–Crippen LogP) is 4.99. The van der Waals surface area contributed by atoms with Crippen molar-refractivity contribution < 1.29 is 14.3 Å². The minimum absolute atomic E-state index is 0.00334. The molecule has 2 unspecified atom stereocenters. The zero-order valence-corrected chi connectivity index (χ0v) is 18.9. The van der Waals surface area contributed by atoms with E-state index in [0.717, 1.165) is 18.4 Å². The summed E-state index contributed by atoms with van der Waals surface area (Å²) in [7, 11) is 0. The minimum Gasteiger partial charge on any atom is -0.362 e. The van der Waals surface area contributed by atoms with Gasteiger partial charge in [-0.1, -0.05) is 41.9 Å². The van der Waals surface area contributed by atoms with Crippen molar-refractivity contribution in [3.63, 3.8) is 0 Å². The fraction of sp³-hybridized carbons (Fsp3) is 0.409. The number of amides is 2. The van der Waals surface area contributed by atoms with E-state index in [0.29, 0.717) is 18.0 Å². The molecule has 1 heterocycles. The molecule has 0 aliphatic heterocycles. The van der Waals surface area contributed by atoms with E-state index in [-0.39, 0.29) is 34.1 Å². The molecule has 0 aliphatic rings. The molecule has 1 aromatic heterocycles. The fourth-order valence-electron chi connectivity index (χ4n) is 2.58. The number of ether oxygens (including phenoxy) is 1. The second kappa shape index (κ2) is 11.1. The monoisotopic (exact) mass is 461 g/mol. The SMILES string of the molecule is CCCOC(Br)c1cccc(NC(=O)c2ccc(C)nc2C(=O)NC(C)CC)c1. The van der Waals surface area contributed by atoms with E-state index in [9.17, 15) is 9.59 Å². The molecule has 0 saturated carbocycles. The van der Waals surface area contributed by atoms with Crippen molar-refractivity contribution in [3.8, 4) is 0 Å². The zero-order valence-electron chi connectivity index (χ0n) is 17.3. The molecule has 2 amide bonds. The van der Waals surface area contributed by atoms with Crippen LogP contribution in [0.4, 0.5) is 5.69 Å². The van der Waals surface area contributed by atoms with Crippen molar-refractivity contribution in [1.29, 1.82) is 0 Å². The van der Waals surface area contributed by atoms with E-state index in [2.05, 4.69) is 31.5 Å². The Kier molecular flexibility index (Phi) is 8.79. The van der Waals surface area contributed by atoms with Crippen LogP contribution in [0.25, 0.3) is 0 Å². The number of aromatic nitrogens is 1. The lowest BCUT2D eigenvalue weighted by molar-refractivity contribution is 0.0922. The zero-order chi connectivity index (χ0) is 21.4. The summed E-state index contributed by atoms with van der Waals surface area (Å²) in [6, 6.07) is 10.7. The predicted molar refractivity (Wildman–Crippen MR) is 118 cm³/mol. The van der Waals surface area contributed by atoms with Crippen LogP contribution in [0.5, 0.6) is 0 Å². The normalized spacial score (nSPS) is 12.9. The van der Waals surface area contributed by atoms with E-state index in [4.69, 9.17) is 4.74 Å². The van der Waals surface area contributed by atoms with Gasteiger partial charge in [-0.2, -0.15) is 0 Å². The van der Waals surface area contributed by atoms with Gasteiger partial charge in [0, 0.05) is 24.0 Å². The average molecular weight is 462 g/mol. The van der Waals surface area contributed by atoms with Crippen molar-refractivity contribution in [3.05, 3.63) is 58.9 Å². The van der Waals surface area contributed by atoms with Gasteiger partial charge in [-0.05, 0) is 56.5 Å². The summed E-state index contributed by atoms with van der Waals surface area (Å²) in [4.78, 5) is 29.8. The van der Waals surface area contributed by atoms with Crippen LogP contribution in [0, 0.1) is 6.92 Å². The molecule has 2 rings (SSSR count). The van der Waals surface area contributed by atoms with E-state index in [1.807, 2.05) is 39.0 Å². The van der Waals surface area contributed by atoms with Gasteiger partial charge in [0.1, 0.15) is 10.7 Å². The number of halogens is 1. The van der Waals surface area contributed by atoms with Crippen LogP contribution in [0.3, 0.4) is 0 Å². The Bertz CT molecular complexity index is 857. The number of pyridine rings is 1. The molecule has 0 spiro atoms. The molecule has 2 aromatic rings. The number of hydrogen-bond donors (Lipinski definition) is 2. The molecule has 29 heavy (non-hydrogen) atoms. The van der Waals surface area contributed by atoms with Gasteiger partial charge < -0.3 is 15.4 Å². The van der Waals surface area contributed by atoms with Gasteiger partial charge in [0.05, 0.1) is 5.56 Å². The highest BCUT2D eigenvalue weighted by Crippen LogP contribution is 2.26. The Morgan fingerprint density at radius 1 is 1.17 bits per heavy atom. The molecule has 0 fully saturated rings. The molecule has 0 saturated heterocycles.